The van der Waals surface area contributed by atoms with Crippen molar-refractivity contribution in [3.05, 3.63) is 63.9 Å². The summed E-state index contributed by atoms with van der Waals surface area (Å²) in [5.41, 5.74) is 4.50. The summed E-state index contributed by atoms with van der Waals surface area (Å²) in [5, 5.41) is 5.08. The largest absolute Gasteiger partial charge is 0.272 e. The van der Waals surface area contributed by atoms with Crippen LogP contribution in [0.5, 0.6) is 0 Å². The second-order valence-electron chi connectivity index (χ2n) is 4.22. The second kappa shape index (κ2) is 7.20. The molecular weight excluding hydrogens is 309 g/mol. The number of hydrazone groups is 1. The Morgan fingerprint density at radius 2 is 2.05 bits per heavy atom. The number of rotatable bonds is 4. The van der Waals surface area contributed by atoms with Gasteiger partial charge in [-0.15, -0.1) is 0 Å². The predicted octanol–water partition coefficient (Wildman–Crippen LogP) is 3.93. The number of carbonyl (C=O) groups is 1. The summed E-state index contributed by atoms with van der Waals surface area (Å²) in [6.07, 6.45) is 3.73. The lowest BCUT2D eigenvalue weighted by molar-refractivity contribution is 0.0954. The molecule has 0 aliphatic rings. The van der Waals surface area contributed by atoms with Gasteiger partial charge in [0, 0.05) is 12.4 Å². The lowest BCUT2D eigenvalue weighted by Gasteiger charge is -2.06. The molecule has 2 rings (SSSR count). The van der Waals surface area contributed by atoms with Crippen molar-refractivity contribution >= 4 is 34.8 Å². The number of halogens is 2. The van der Waals surface area contributed by atoms with Crippen molar-refractivity contribution in [2.24, 2.45) is 5.10 Å². The number of pyridine rings is 1. The average molecular weight is 322 g/mol. The Kier molecular flexibility index (Phi) is 5.31. The van der Waals surface area contributed by atoms with Crippen LogP contribution < -0.4 is 5.43 Å². The predicted molar refractivity (Wildman–Crippen MR) is 85.0 cm³/mol. The molecule has 1 aromatic heterocycles. The summed E-state index contributed by atoms with van der Waals surface area (Å²) in [7, 11) is 0. The van der Waals surface area contributed by atoms with Gasteiger partial charge in [0.25, 0.3) is 5.91 Å². The molecule has 21 heavy (non-hydrogen) atoms. The Bertz CT molecular complexity index is 672. The Labute approximate surface area is 132 Å². The molecule has 0 saturated heterocycles. The lowest BCUT2D eigenvalue weighted by atomic mass is 10.1. The van der Waals surface area contributed by atoms with Crippen LogP contribution in [0.2, 0.25) is 10.0 Å². The van der Waals surface area contributed by atoms with Crippen molar-refractivity contribution < 1.29 is 4.79 Å². The van der Waals surface area contributed by atoms with Gasteiger partial charge in [0.2, 0.25) is 0 Å². The van der Waals surface area contributed by atoms with Crippen LogP contribution >= 0.6 is 23.2 Å². The van der Waals surface area contributed by atoms with Gasteiger partial charge in [0.15, 0.2) is 0 Å². The molecule has 0 atom stereocenters. The van der Waals surface area contributed by atoms with Crippen molar-refractivity contribution in [2.45, 2.75) is 13.3 Å². The number of nitrogens with zero attached hydrogens (tertiary/aromatic N) is 2. The van der Waals surface area contributed by atoms with Crippen molar-refractivity contribution in [1.82, 2.24) is 10.4 Å². The highest BCUT2D eigenvalue weighted by atomic mass is 35.5. The molecule has 1 N–H and O–H groups in total. The standard InChI is InChI=1S/C15H13Cl2N3O/c1-2-14(10-5-6-12(16)13(17)8-10)19-20-15(21)11-4-3-7-18-9-11/h3-9H,2H2,1H3,(H,20,21)/b19-14+. The number of amides is 1. The van der Waals surface area contributed by atoms with E-state index in [1.165, 1.54) is 6.20 Å². The summed E-state index contributed by atoms with van der Waals surface area (Å²) < 4.78 is 0. The average Bonchev–Trinajstić information content (AvgIpc) is 2.52. The van der Waals surface area contributed by atoms with Crippen molar-refractivity contribution in [3.8, 4) is 0 Å². The minimum atomic E-state index is -0.311. The molecule has 0 bridgehead atoms. The first-order valence-corrected chi connectivity index (χ1v) is 7.09. The molecule has 1 amide bonds. The van der Waals surface area contributed by atoms with E-state index in [4.69, 9.17) is 23.2 Å². The van der Waals surface area contributed by atoms with E-state index in [0.717, 1.165) is 5.56 Å². The first-order valence-electron chi connectivity index (χ1n) is 6.34. The highest BCUT2D eigenvalue weighted by Gasteiger charge is 2.07. The van der Waals surface area contributed by atoms with E-state index < -0.39 is 0 Å². The van der Waals surface area contributed by atoms with Crippen LogP contribution in [-0.4, -0.2) is 16.6 Å². The fourth-order valence-corrected chi connectivity index (χ4v) is 2.00. The van der Waals surface area contributed by atoms with Gasteiger partial charge >= 0.3 is 0 Å². The number of aromatic nitrogens is 1. The molecule has 6 heteroatoms. The Hall–Kier alpha value is -1.91. The molecular formula is C15H13Cl2N3O. The van der Waals surface area contributed by atoms with E-state index in [2.05, 4.69) is 15.5 Å². The van der Waals surface area contributed by atoms with Gasteiger partial charge in [0.1, 0.15) is 0 Å². The van der Waals surface area contributed by atoms with Crippen molar-refractivity contribution in [1.29, 1.82) is 0 Å². The van der Waals surface area contributed by atoms with Gasteiger partial charge in [-0.2, -0.15) is 5.10 Å². The van der Waals surface area contributed by atoms with Gasteiger partial charge in [-0.3, -0.25) is 9.78 Å². The molecule has 1 aromatic carbocycles. The molecule has 0 saturated carbocycles. The minimum absolute atomic E-state index is 0.311. The second-order valence-corrected chi connectivity index (χ2v) is 5.04. The van der Waals surface area contributed by atoms with Crippen molar-refractivity contribution in [2.75, 3.05) is 0 Å². The van der Waals surface area contributed by atoms with Gasteiger partial charge in [-0.05, 0) is 36.2 Å². The highest BCUT2D eigenvalue weighted by molar-refractivity contribution is 6.42. The van der Waals surface area contributed by atoms with Crippen LogP contribution in [-0.2, 0) is 0 Å². The van der Waals surface area contributed by atoms with Crippen LogP contribution in [0.1, 0.15) is 29.3 Å². The maximum absolute atomic E-state index is 11.9. The van der Waals surface area contributed by atoms with Gasteiger partial charge in [-0.25, -0.2) is 5.43 Å². The number of hydrogen-bond acceptors (Lipinski definition) is 3. The van der Waals surface area contributed by atoms with Gasteiger partial charge in [-0.1, -0.05) is 36.2 Å². The lowest BCUT2D eigenvalue weighted by Crippen LogP contribution is -2.20. The third-order valence-electron chi connectivity index (χ3n) is 2.80. The molecule has 2 aromatic rings. The van der Waals surface area contributed by atoms with Crippen LogP contribution in [0.25, 0.3) is 0 Å². The first kappa shape index (κ1) is 15.5. The SMILES string of the molecule is CC/C(=N\NC(=O)c1cccnc1)c1ccc(Cl)c(Cl)c1. The molecule has 0 aliphatic carbocycles. The molecule has 0 unspecified atom stereocenters. The summed E-state index contributed by atoms with van der Waals surface area (Å²) >= 11 is 11.9. The molecule has 108 valence electrons. The topological polar surface area (TPSA) is 54.4 Å². The maximum Gasteiger partial charge on any atom is 0.272 e. The molecule has 1 heterocycles. The monoisotopic (exact) mass is 321 g/mol. The quantitative estimate of drug-likeness (QED) is 0.685. The third kappa shape index (κ3) is 4.03. The molecule has 0 radical (unpaired) electrons. The highest BCUT2D eigenvalue weighted by Crippen LogP contribution is 2.23. The molecule has 4 nitrogen and oxygen atoms in total. The van der Waals surface area contributed by atoms with Crippen molar-refractivity contribution in [3.63, 3.8) is 0 Å². The smallest absolute Gasteiger partial charge is 0.267 e. The number of benzene rings is 1. The zero-order chi connectivity index (χ0) is 15.2. The van der Waals surface area contributed by atoms with Crippen LogP contribution in [0.4, 0.5) is 0 Å². The zero-order valence-electron chi connectivity index (χ0n) is 11.3. The van der Waals surface area contributed by atoms with Gasteiger partial charge < -0.3 is 0 Å². The minimum Gasteiger partial charge on any atom is -0.267 e. The Balaban J connectivity index is 2.17. The molecule has 0 spiro atoms. The van der Waals surface area contributed by atoms with E-state index in [1.54, 1.807) is 30.5 Å². The fourth-order valence-electron chi connectivity index (χ4n) is 1.70. The number of hydrogen-bond donors (Lipinski definition) is 1. The van der Waals surface area contributed by atoms with E-state index in [-0.39, 0.29) is 5.91 Å². The first-order chi connectivity index (χ1) is 10.1. The Morgan fingerprint density at radius 3 is 2.67 bits per heavy atom. The van der Waals surface area contributed by atoms with E-state index >= 15 is 0 Å². The molecule has 0 aliphatic heterocycles. The van der Waals surface area contributed by atoms with E-state index in [0.29, 0.717) is 27.7 Å². The maximum atomic E-state index is 11.9. The van der Waals surface area contributed by atoms with Crippen LogP contribution in [0.3, 0.4) is 0 Å². The summed E-state index contributed by atoms with van der Waals surface area (Å²) in [6.45, 7) is 1.94. The summed E-state index contributed by atoms with van der Waals surface area (Å²) in [5.74, 6) is -0.311. The molecule has 0 fully saturated rings. The summed E-state index contributed by atoms with van der Waals surface area (Å²) in [4.78, 5) is 15.8. The summed E-state index contributed by atoms with van der Waals surface area (Å²) in [6, 6.07) is 8.60. The Morgan fingerprint density at radius 1 is 1.24 bits per heavy atom. The normalized spacial score (nSPS) is 11.3. The number of carbonyl (C=O) groups excluding carboxylic acids is 1. The zero-order valence-corrected chi connectivity index (χ0v) is 12.8. The van der Waals surface area contributed by atoms with Crippen LogP contribution in [0.15, 0.2) is 47.8 Å². The van der Waals surface area contributed by atoms with E-state index in [1.807, 2.05) is 13.0 Å². The fraction of sp³-hybridized carbons (Fsp3) is 0.133. The number of nitrogens with one attached hydrogen (secondary N) is 1. The van der Waals surface area contributed by atoms with Gasteiger partial charge in [0.05, 0.1) is 21.3 Å². The third-order valence-corrected chi connectivity index (χ3v) is 3.54. The van der Waals surface area contributed by atoms with Crippen LogP contribution in [0, 0.1) is 0 Å². The van der Waals surface area contributed by atoms with E-state index in [9.17, 15) is 4.79 Å².